The number of amides is 1. The van der Waals surface area contributed by atoms with E-state index in [1.54, 1.807) is 24.3 Å². The summed E-state index contributed by atoms with van der Waals surface area (Å²) in [5.74, 6) is 0.477. The normalized spacial score (nSPS) is 16.3. The second-order valence-corrected chi connectivity index (χ2v) is 4.34. The number of nitrogens with one attached hydrogen (secondary N) is 3. The van der Waals surface area contributed by atoms with Gasteiger partial charge in [0.1, 0.15) is 12.3 Å². The van der Waals surface area contributed by atoms with E-state index < -0.39 is 23.3 Å². The molecule has 8 nitrogen and oxygen atoms in total. The number of aromatic nitrogens is 2. The number of benzene rings is 1. The van der Waals surface area contributed by atoms with Gasteiger partial charge in [-0.15, -0.1) is 0 Å². The molecule has 3 rings (SSSR count). The topological polar surface area (TPSA) is 113 Å². The van der Waals surface area contributed by atoms with Crippen LogP contribution in [0.1, 0.15) is 0 Å². The fourth-order valence-electron chi connectivity index (χ4n) is 1.86. The molecule has 0 radical (unpaired) electrons. The maximum Gasteiger partial charge on any atom is 0.325 e. The van der Waals surface area contributed by atoms with Crippen molar-refractivity contribution in [1.82, 2.24) is 9.97 Å². The summed E-state index contributed by atoms with van der Waals surface area (Å²) in [7, 11) is 0. The molecule has 1 aromatic heterocycles. The molecule has 0 fully saturated rings. The average molecular weight is 289 g/mol. The zero-order chi connectivity index (χ0) is 14.8. The van der Waals surface area contributed by atoms with Crippen molar-refractivity contribution in [3.8, 4) is 11.5 Å². The van der Waals surface area contributed by atoms with Crippen molar-refractivity contribution in [2.24, 2.45) is 0 Å². The van der Waals surface area contributed by atoms with E-state index in [0.717, 1.165) is 6.20 Å². The number of rotatable bonds is 2. The van der Waals surface area contributed by atoms with Crippen LogP contribution >= 0.6 is 0 Å². The molecule has 1 aliphatic rings. The maximum absolute atomic E-state index is 12.1. The molecule has 1 amide bonds. The van der Waals surface area contributed by atoms with Crippen LogP contribution in [0.25, 0.3) is 0 Å². The number of fused-ring (bicyclic) bond motifs is 1. The summed E-state index contributed by atoms with van der Waals surface area (Å²) < 4.78 is 10.9. The van der Waals surface area contributed by atoms with Gasteiger partial charge in [0.15, 0.2) is 11.5 Å². The zero-order valence-electron chi connectivity index (χ0n) is 10.7. The number of carbonyl (C=O) groups is 1. The van der Waals surface area contributed by atoms with Crippen LogP contribution in [0.2, 0.25) is 0 Å². The molecule has 2 heterocycles. The molecule has 108 valence electrons. The highest BCUT2D eigenvalue weighted by Crippen LogP contribution is 2.30. The lowest BCUT2D eigenvalue weighted by Gasteiger charge is -2.25. The minimum Gasteiger partial charge on any atom is -0.485 e. The van der Waals surface area contributed by atoms with Crippen LogP contribution in [0.15, 0.2) is 40.1 Å². The standard InChI is InChI=1S/C13H11N3O5/c17-11-7(5-14-13(19)16-11)15-12(18)10-6-20-8-3-1-2-4-9(8)21-10/h1-5,10H,6H2,(H,15,18)(H2,14,16,17,19). The Morgan fingerprint density at radius 2 is 2.00 bits per heavy atom. The van der Waals surface area contributed by atoms with Gasteiger partial charge >= 0.3 is 5.69 Å². The summed E-state index contributed by atoms with van der Waals surface area (Å²) in [6.07, 6.45) is 0.239. The number of carbonyl (C=O) groups excluding carboxylic acids is 1. The van der Waals surface area contributed by atoms with E-state index in [9.17, 15) is 14.4 Å². The molecule has 0 saturated carbocycles. The van der Waals surface area contributed by atoms with Crippen LogP contribution in [-0.2, 0) is 4.79 Å². The fourth-order valence-corrected chi connectivity index (χ4v) is 1.86. The summed E-state index contributed by atoms with van der Waals surface area (Å²) in [5.41, 5.74) is -1.41. The monoisotopic (exact) mass is 289 g/mol. The molecule has 0 bridgehead atoms. The maximum atomic E-state index is 12.1. The molecule has 1 aliphatic heterocycles. The first kappa shape index (κ1) is 13.0. The van der Waals surface area contributed by atoms with Crippen molar-refractivity contribution < 1.29 is 14.3 Å². The van der Waals surface area contributed by atoms with Gasteiger partial charge in [0, 0.05) is 6.20 Å². The van der Waals surface area contributed by atoms with E-state index in [1.807, 2.05) is 4.98 Å². The van der Waals surface area contributed by atoms with E-state index in [1.165, 1.54) is 0 Å². The third kappa shape index (κ3) is 2.64. The minimum absolute atomic E-state index is 0.0319. The Bertz CT molecular complexity index is 795. The lowest BCUT2D eigenvalue weighted by molar-refractivity contribution is -0.125. The molecule has 0 aliphatic carbocycles. The van der Waals surface area contributed by atoms with Gasteiger partial charge in [-0.25, -0.2) is 4.79 Å². The van der Waals surface area contributed by atoms with Crippen molar-refractivity contribution in [3.05, 3.63) is 51.3 Å². The number of anilines is 1. The molecule has 1 aromatic carbocycles. The van der Waals surface area contributed by atoms with Gasteiger partial charge in [0.05, 0.1) is 0 Å². The van der Waals surface area contributed by atoms with Crippen molar-refractivity contribution in [2.75, 3.05) is 11.9 Å². The predicted octanol–water partition coefficient (Wildman–Crippen LogP) is -0.158. The number of hydrogen-bond donors (Lipinski definition) is 3. The SMILES string of the molecule is O=C(Nc1c[nH]c(=O)[nH]c1=O)C1COc2ccccc2O1. The van der Waals surface area contributed by atoms with Crippen LogP contribution in [0.5, 0.6) is 11.5 Å². The van der Waals surface area contributed by atoms with Crippen molar-refractivity contribution in [3.63, 3.8) is 0 Å². The minimum atomic E-state index is -0.883. The summed E-state index contributed by atoms with van der Waals surface area (Å²) in [6, 6.07) is 6.97. The van der Waals surface area contributed by atoms with Crippen LogP contribution in [0.4, 0.5) is 5.69 Å². The Balaban J connectivity index is 1.75. The zero-order valence-corrected chi connectivity index (χ0v) is 10.7. The number of para-hydroxylation sites is 2. The van der Waals surface area contributed by atoms with E-state index in [2.05, 4.69) is 10.3 Å². The molecule has 21 heavy (non-hydrogen) atoms. The van der Waals surface area contributed by atoms with Crippen molar-refractivity contribution in [2.45, 2.75) is 6.10 Å². The lowest BCUT2D eigenvalue weighted by Crippen LogP contribution is -2.41. The van der Waals surface area contributed by atoms with Crippen molar-refractivity contribution in [1.29, 1.82) is 0 Å². The Morgan fingerprint density at radius 1 is 1.24 bits per heavy atom. The predicted molar refractivity (Wildman–Crippen MR) is 72.7 cm³/mol. The van der Waals surface area contributed by atoms with Gasteiger partial charge in [0.25, 0.3) is 11.5 Å². The van der Waals surface area contributed by atoms with Crippen LogP contribution in [-0.4, -0.2) is 28.6 Å². The fraction of sp³-hybridized carbons (Fsp3) is 0.154. The highest BCUT2D eigenvalue weighted by Gasteiger charge is 2.27. The molecular formula is C13H11N3O5. The summed E-state index contributed by atoms with van der Waals surface area (Å²) >= 11 is 0. The van der Waals surface area contributed by atoms with E-state index in [0.29, 0.717) is 11.5 Å². The summed E-state index contributed by atoms with van der Waals surface area (Å²) in [5, 5.41) is 2.38. The number of hydrogen-bond acceptors (Lipinski definition) is 5. The largest absolute Gasteiger partial charge is 0.485 e. The Morgan fingerprint density at radius 3 is 2.76 bits per heavy atom. The second-order valence-electron chi connectivity index (χ2n) is 4.34. The van der Waals surface area contributed by atoms with Crippen LogP contribution < -0.4 is 26.0 Å². The number of ether oxygens (including phenoxy) is 2. The van der Waals surface area contributed by atoms with Gasteiger partial charge in [-0.2, -0.15) is 0 Å². The van der Waals surface area contributed by atoms with Crippen LogP contribution in [0, 0.1) is 0 Å². The van der Waals surface area contributed by atoms with Crippen molar-refractivity contribution >= 4 is 11.6 Å². The third-order valence-corrected chi connectivity index (χ3v) is 2.88. The Kier molecular flexibility index (Phi) is 3.19. The van der Waals surface area contributed by atoms with E-state index >= 15 is 0 Å². The first-order chi connectivity index (χ1) is 10.1. The van der Waals surface area contributed by atoms with Gasteiger partial charge in [-0.1, -0.05) is 12.1 Å². The Hall–Kier alpha value is -3.03. The van der Waals surface area contributed by atoms with Crippen LogP contribution in [0.3, 0.4) is 0 Å². The van der Waals surface area contributed by atoms with Gasteiger partial charge in [-0.05, 0) is 12.1 Å². The molecule has 1 atom stereocenters. The number of aromatic amines is 2. The molecule has 3 N–H and O–H groups in total. The first-order valence-electron chi connectivity index (χ1n) is 6.15. The highest BCUT2D eigenvalue weighted by molar-refractivity contribution is 5.94. The quantitative estimate of drug-likeness (QED) is 0.711. The molecule has 2 aromatic rings. The van der Waals surface area contributed by atoms with Gasteiger partial charge in [-0.3, -0.25) is 14.6 Å². The molecule has 0 spiro atoms. The molecular weight excluding hydrogens is 278 g/mol. The van der Waals surface area contributed by atoms with E-state index in [-0.39, 0.29) is 12.3 Å². The van der Waals surface area contributed by atoms with Gasteiger partial charge < -0.3 is 19.8 Å². The third-order valence-electron chi connectivity index (χ3n) is 2.88. The summed E-state index contributed by atoms with van der Waals surface area (Å²) in [4.78, 5) is 38.7. The molecule has 8 heteroatoms. The number of H-pyrrole nitrogens is 2. The lowest BCUT2D eigenvalue weighted by atomic mass is 10.2. The summed E-state index contributed by atoms with van der Waals surface area (Å²) in [6.45, 7) is 0.0319. The first-order valence-corrected chi connectivity index (χ1v) is 6.15. The van der Waals surface area contributed by atoms with E-state index in [4.69, 9.17) is 9.47 Å². The smallest absolute Gasteiger partial charge is 0.325 e. The highest BCUT2D eigenvalue weighted by atomic mass is 16.6. The average Bonchev–Trinajstić information content (AvgIpc) is 2.49. The second kappa shape index (κ2) is 5.16. The Labute approximate surface area is 117 Å². The molecule has 0 saturated heterocycles. The molecule has 1 unspecified atom stereocenters. The van der Waals surface area contributed by atoms with Gasteiger partial charge in [0.2, 0.25) is 6.10 Å².